The number of nitrogens with zero attached hydrogens (tertiary/aromatic N) is 2. The second kappa shape index (κ2) is 12.4. The zero-order valence-electron chi connectivity index (χ0n) is 22.0. The Bertz CT molecular complexity index is 1500. The molecular weight excluding hydrogens is 547 g/mol. The molecule has 15 heteroatoms. The topological polar surface area (TPSA) is 191 Å². The Morgan fingerprint density at radius 3 is 2.60 bits per heavy atom. The van der Waals surface area contributed by atoms with Crippen LogP contribution in [0.3, 0.4) is 0 Å². The Balaban J connectivity index is 1.55. The zero-order chi connectivity index (χ0) is 29.0. The lowest BCUT2D eigenvalue weighted by Gasteiger charge is -2.25. The first-order chi connectivity index (χ1) is 19.0. The number of benzene rings is 2. The summed E-state index contributed by atoms with van der Waals surface area (Å²) in [5.74, 6) is -0.405. The molecule has 40 heavy (non-hydrogen) atoms. The van der Waals surface area contributed by atoms with E-state index in [1.165, 1.54) is 6.92 Å². The van der Waals surface area contributed by atoms with E-state index in [2.05, 4.69) is 10.2 Å². The van der Waals surface area contributed by atoms with Crippen LogP contribution in [0.1, 0.15) is 27.0 Å². The first-order valence-electron chi connectivity index (χ1n) is 12.5. The van der Waals surface area contributed by atoms with Gasteiger partial charge in [-0.1, -0.05) is 50.2 Å². The van der Waals surface area contributed by atoms with E-state index in [1.807, 2.05) is 37.0 Å². The molecule has 4 rings (SSSR count). The molecule has 0 saturated carbocycles. The molecule has 6 atom stereocenters. The molecule has 1 fully saturated rings. The van der Waals surface area contributed by atoms with Crippen LogP contribution in [-0.4, -0.2) is 68.5 Å². The van der Waals surface area contributed by atoms with Crippen LogP contribution in [0.25, 0.3) is 10.8 Å². The van der Waals surface area contributed by atoms with Gasteiger partial charge in [0, 0.05) is 5.39 Å². The summed E-state index contributed by atoms with van der Waals surface area (Å²) >= 11 is 0. The smallest absolute Gasteiger partial charge is 0.459 e. The molecule has 1 saturated heterocycles. The lowest BCUT2D eigenvalue weighted by atomic mass is 10.1. The van der Waals surface area contributed by atoms with Crippen molar-refractivity contribution >= 4 is 24.5 Å². The van der Waals surface area contributed by atoms with E-state index in [-0.39, 0.29) is 18.3 Å². The number of aromatic nitrogens is 3. The lowest BCUT2D eigenvalue weighted by molar-refractivity contribution is -0.146. The third-order valence-corrected chi connectivity index (χ3v) is 7.59. The summed E-state index contributed by atoms with van der Waals surface area (Å²) < 4.78 is 36.9. The molecule has 1 aromatic heterocycles. The number of nitrogens with one attached hydrogen (secondary N) is 2. The first-order valence-corrected chi connectivity index (χ1v) is 14.1. The second-order valence-corrected chi connectivity index (χ2v) is 11.4. The van der Waals surface area contributed by atoms with Gasteiger partial charge in [0.05, 0.1) is 13.2 Å². The van der Waals surface area contributed by atoms with Gasteiger partial charge in [0.2, 0.25) is 0 Å². The highest BCUT2D eigenvalue weighted by Gasteiger charge is 2.46. The summed E-state index contributed by atoms with van der Waals surface area (Å²) in [7, 11) is -4.36. The molecule has 14 nitrogen and oxygen atoms in total. The van der Waals surface area contributed by atoms with Crippen molar-refractivity contribution in [3.63, 3.8) is 0 Å². The van der Waals surface area contributed by atoms with Crippen LogP contribution in [0.15, 0.2) is 58.3 Å². The number of aliphatic hydroxyl groups excluding tert-OH is 2. The van der Waals surface area contributed by atoms with Gasteiger partial charge in [-0.3, -0.25) is 19.1 Å². The molecule has 0 bridgehead atoms. The van der Waals surface area contributed by atoms with Crippen molar-refractivity contribution in [3.8, 4) is 5.75 Å². The molecule has 1 aliphatic heterocycles. The number of rotatable bonds is 11. The fraction of sp³-hybridized carbons (Fsp3) is 0.440. The number of esters is 1. The van der Waals surface area contributed by atoms with Crippen molar-refractivity contribution in [1.82, 2.24) is 19.9 Å². The molecule has 0 spiro atoms. The van der Waals surface area contributed by atoms with Crippen molar-refractivity contribution in [1.29, 1.82) is 0 Å². The Labute approximate surface area is 228 Å². The highest BCUT2D eigenvalue weighted by Crippen LogP contribution is 2.47. The van der Waals surface area contributed by atoms with Crippen molar-refractivity contribution in [2.45, 2.75) is 51.4 Å². The molecule has 0 radical (unpaired) electrons. The molecule has 0 aliphatic carbocycles. The summed E-state index contributed by atoms with van der Waals surface area (Å²) in [6, 6.07) is 11.2. The van der Waals surface area contributed by atoms with E-state index in [0.717, 1.165) is 11.6 Å². The van der Waals surface area contributed by atoms with E-state index in [0.29, 0.717) is 10.1 Å². The van der Waals surface area contributed by atoms with Crippen LogP contribution >= 0.6 is 7.75 Å². The Hall–Kier alpha value is -3.39. The van der Waals surface area contributed by atoms with Gasteiger partial charge in [-0.25, -0.2) is 9.36 Å². The van der Waals surface area contributed by atoms with Crippen LogP contribution in [0.5, 0.6) is 5.75 Å². The van der Waals surface area contributed by atoms with Crippen LogP contribution in [0.4, 0.5) is 0 Å². The summed E-state index contributed by atoms with van der Waals surface area (Å²) in [6.07, 6.45) is -5.19. The fourth-order valence-electron chi connectivity index (χ4n) is 3.94. The number of H-pyrrole nitrogens is 1. The number of carbonyl (C=O) groups is 1. The molecule has 3 aromatic rings. The van der Waals surface area contributed by atoms with Gasteiger partial charge in [0.15, 0.2) is 6.23 Å². The SMILES string of the molecule is CC(C)COC(=O)[C@H](C)N[P@](=O)(OC[C@H]1O[C@@H](n2ncc(=O)[nH]c2=O)C(O)[C@H]1O)Oc1cccc2ccccc12. The van der Waals surface area contributed by atoms with Crippen molar-refractivity contribution in [3.05, 3.63) is 69.5 Å². The van der Waals surface area contributed by atoms with Gasteiger partial charge in [0.1, 0.15) is 36.3 Å². The average Bonchev–Trinajstić information content (AvgIpc) is 3.19. The first kappa shape index (κ1) is 29.6. The Kier molecular flexibility index (Phi) is 9.19. The van der Waals surface area contributed by atoms with Gasteiger partial charge in [-0.05, 0) is 24.3 Å². The van der Waals surface area contributed by atoms with E-state index in [9.17, 15) is 29.2 Å². The number of ether oxygens (including phenoxy) is 2. The van der Waals surface area contributed by atoms with E-state index in [4.69, 9.17) is 18.5 Å². The van der Waals surface area contributed by atoms with E-state index >= 15 is 0 Å². The standard InChI is InChI=1S/C25H31N4O10P/c1-14(2)12-36-24(33)15(3)28-40(35,39-18-10-6-8-16-7-4-5-9-17(16)18)37-13-19-21(31)22(32)23(38-19)29-25(34)27-20(30)11-26-29/h4-11,14-15,19,21-23,31-32H,12-13H2,1-3H3,(H,28,35)(H,27,30,34)/t15-,19+,21-,22?,23+,40-/m0/s1. The number of aromatic amines is 1. The van der Waals surface area contributed by atoms with Gasteiger partial charge in [-0.15, -0.1) is 0 Å². The molecule has 1 aliphatic rings. The highest BCUT2D eigenvalue weighted by atomic mass is 31.2. The molecule has 216 valence electrons. The molecule has 2 heterocycles. The summed E-state index contributed by atoms with van der Waals surface area (Å²) in [4.78, 5) is 38.0. The molecule has 1 unspecified atom stereocenters. The summed E-state index contributed by atoms with van der Waals surface area (Å²) in [6.45, 7) is 4.73. The minimum Gasteiger partial charge on any atom is -0.464 e. The number of carbonyl (C=O) groups excluding carboxylic acids is 1. The van der Waals surface area contributed by atoms with Gasteiger partial charge in [0.25, 0.3) is 5.56 Å². The van der Waals surface area contributed by atoms with Crippen molar-refractivity contribution < 1.29 is 38.1 Å². The Morgan fingerprint density at radius 2 is 1.88 bits per heavy atom. The number of aliphatic hydroxyl groups is 2. The monoisotopic (exact) mass is 578 g/mol. The number of hydrogen-bond acceptors (Lipinski definition) is 11. The number of fused-ring (bicyclic) bond motifs is 1. The van der Waals surface area contributed by atoms with E-state index in [1.54, 1.807) is 24.3 Å². The van der Waals surface area contributed by atoms with Gasteiger partial charge >= 0.3 is 19.4 Å². The minimum absolute atomic E-state index is 0.0796. The normalized spacial score (nSPS) is 23.1. The summed E-state index contributed by atoms with van der Waals surface area (Å²) in [5, 5.41) is 28.7. The molecule has 4 N–H and O–H groups in total. The van der Waals surface area contributed by atoms with Crippen LogP contribution in [0, 0.1) is 5.92 Å². The predicted molar refractivity (Wildman–Crippen MR) is 142 cm³/mol. The van der Waals surface area contributed by atoms with Gasteiger partial charge in [-0.2, -0.15) is 14.9 Å². The maximum absolute atomic E-state index is 14.0. The molecule has 2 aromatic carbocycles. The Morgan fingerprint density at radius 1 is 1.15 bits per heavy atom. The second-order valence-electron chi connectivity index (χ2n) is 9.67. The molecular formula is C25H31N4O10P. The maximum atomic E-state index is 14.0. The largest absolute Gasteiger partial charge is 0.464 e. The van der Waals surface area contributed by atoms with Crippen LogP contribution in [-0.2, 0) is 23.4 Å². The molecule has 0 amide bonds. The maximum Gasteiger partial charge on any atom is 0.459 e. The fourth-order valence-corrected chi connectivity index (χ4v) is 5.46. The lowest BCUT2D eigenvalue weighted by Crippen LogP contribution is -2.39. The number of hydrogen-bond donors (Lipinski definition) is 4. The van der Waals surface area contributed by atoms with E-state index < -0.39 is 62.2 Å². The predicted octanol–water partition coefficient (Wildman–Crippen LogP) is 1.09. The van der Waals surface area contributed by atoms with Crippen molar-refractivity contribution in [2.75, 3.05) is 13.2 Å². The zero-order valence-corrected chi connectivity index (χ0v) is 22.9. The third-order valence-electron chi connectivity index (χ3n) is 5.96. The third kappa shape index (κ3) is 6.84. The van der Waals surface area contributed by atoms with Gasteiger partial charge < -0.3 is 24.2 Å². The van der Waals surface area contributed by atoms with Crippen molar-refractivity contribution in [2.24, 2.45) is 5.92 Å². The van der Waals surface area contributed by atoms with Crippen LogP contribution < -0.4 is 20.9 Å². The van der Waals surface area contributed by atoms with Crippen LogP contribution in [0.2, 0.25) is 0 Å². The quantitative estimate of drug-likeness (QED) is 0.187. The minimum atomic E-state index is -4.36. The summed E-state index contributed by atoms with van der Waals surface area (Å²) in [5.41, 5.74) is -1.72. The highest BCUT2D eigenvalue weighted by molar-refractivity contribution is 7.52. The average molecular weight is 579 g/mol.